The summed E-state index contributed by atoms with van der Waals surface area (Å²) in [6.07, 6.45) is 0.971. The Morgan fingerprint density at radius 3 is 2.86 bits per heavy atom. The lowest BCUT2D eigenvalue weighted by atomic mass is 10.0. The van der Waals surface area contributed by atoms with Crippen LogP contribution in [0.4, 0.5) is 5.69 Å². The maximum atomic E-state index is 9.82. The molecule has 1 aliphatic heterocycles. The first-order valence-corrected chi connectivity index (χ1v) is 7.06. The molecule has 1 atom stereocenters. The molecule has 110 valence electrons. The Morgan fingerprint density at radius 1 is 1.24 bits per heavy atom. The summed E-state index contributed by atoms with van der Waals surface area (Å²) in [5, 5.41) is 13.2. The van der Waals surface area contributed by atoms with Crippen LogP contribution in [0.1, 0.15) is 24.1 Å². The van der Waals surface area contributed by atoms with Crippen LogP contribution in [0.3, 0.4) is 0 Å². The molecule has 0 aliphatic carbocycles. The number of nitrogens with one attached hydrogen (secondary N) is 1. The van der Waals surface area contributed by atoms with Gasteiger partial charge in [-0.3, -0.25) is 0 Å². The van der Waals surface area contributed by atoms with Gasteiger partial charge < -0.3 is 19.9 Å². The monoisotopic (exact) mass is 285 g/mol. The van der Waals surface area contributed by atoms with E-state index in [9.17, 15) is 5.11 Å². The fourth-order valence-corrected chi connectivity index (χ4v) is 2.59. The van der Waals surface area contributed by atoms with Crippen molar-refractivity contribution in [3.05, 3.63) is 47.5 Å². The Hall–Kier alpha value is -2.36. The van der Waals surface area contributed by atoms with E-state index in [1.165, 1.54) is 18.2 Å². The normalized spacial score (nSPS) is 14.2. The van der Waals surface area contributed by atoms with Gasteiger partial charge in [0, 0.05) is 24.2 Å². The van der Waals surface area contributed by atoms with Gasteiger partial charge in [-0.15, -0.1) is 0 Å². The first-order chi connectivity index (χ1) is 10.2. The Kier molecular flexibility index (Phi) is 3.60. The zero-order valence-corrected chi connectivity index (χ0v) is 12.2. The van der Waals surface area contributed by atoms with Crippen molar-refractivity contribution in [3.8, 4) is 17.2 Å². The minimum absolute atomic E-state index is 0.136. The molecule has 0 fully saturated rings. The molecule has 0 spiro atoms. The smallest absolute Gasteiger partial charge is 0.160 e. The lowest BCUT2D eigenvalue weighted by Gasteiger charge is -2.17. The molecule has 2 aromatic rings. The third kappa shape index (κ3) is 2.75. The fourth-order valence-electron chi connectivity index (χ4n) is 2.59. The number of aromatic hydroxyl groups is 1. The lowest BCUT2D eigenvalue weighted by Crippen LogP contribution is -2.06. The Bertz CT molecular complexity index is 654. The van der Waals surface area contributed by atoms with E-state index in [1.54, 1.807) is 12.1 Å². The molecule has 2 aromatic carbocycles. The minimum atomic E-state index is 0.136. The van der Waals surface area contributed by atoms with Crippen LogP contribution in [0.15, 0.2) is 36.4 Å². The van der Waals surface area contributed by atoms with Gasteiger partial charge in [0.05, 0.1) is 13.7 Å². The van der Waals surface area contributed by atoms with E-state index in [0.29, 0.717) is 5.75 Å². The molecule has 0 amide bonds. The van der Waals surface area contributed by atoms with Crippen LogP contribution in [0.5, 0.6) is 17.2 Å². The second-order valence-corrected chi connectivity index (χ2v) is 5.22. The number of anilines is 1. The van der Waals surface area contributed by atoms with Crippen LogP contribution in [0, 0.1) is 0 Å². The van der Waals surface area contributed by atoms with Gasteiger partial charge in [-0.25, -0.2) is 0 Å². The first kappa shape index (κ1) is 13.6. The topological polar surface area (TPSA) is 50.7 Å². The highest BCUT2D eigenvalue weighted by Gasteiger charge is 2.14. The van der Waals surface area contributed by atoms with Crippen molar-refractivity contribution >= 4 is 5.69 Å². The molecule has 1 heterocycles. The minimum Gasteiger partial charge on any atom is -0.504 e. The largest absolute Gasteiger partial charge is 0.504 e. The Labute approximate surface area is 124 Å². The van der Waals surface area contributed by atoms with Crippen molar-refractivity contribution in [2.45, 2.75) is 19.4 Å². The van der Waals surface area contributed by atoms with Gasteiger partial charge in [0.25, 0.3) is 0 Å². The van der Waals surface area contributed by atoms with Crippen LogP contribution in [-0.4, -0.2) is 18.8 Å². The summed E-state index contributed by atoms with van der Waals surface area (Å²) in [5.41, 5.74) is 3.32. The highest BCUT2D eigenvalue weighted by molar-refractivity contribution is 5.55. The molecule has 0 bridgehead atoms. The average molecular weight is 285 g/mol. The van der Waals surface area contributed by atoms with Gasteiger partial charge in [0.1, 0.15) is 5.75 Å². The molecule has 3 rings (SSSR count). The molecule has 0 radical (unpaired) electrons. The van der Waals surface area contributed by atoms with Crippen LogP contribution in [-0.2, 0) is 6.42 Å². The van der Waals surface area contributed by atoms with Crippen molar-refractivity contribution in [3.63, 3.8) is 0 Å². The number of hydrogen-bond donors (Lipinski definition) is 2. The number of phenolic OH excluding ortho intramolecular Hbond substituents is 1. The Morgan fingerprint density at radius 2 is 2.10 bits per heavy atom. The molecule has 1 unspecified atom stereocenters. The molecule has 0 aromatic heterocycles. The molecule has 4 nitrogen and oxygen atoms in total. The standard InChI is InChI=1S/C17H19NO3/c1-11(12-3-5-16-13(9-12)7-8-21-16)18-14-4-6-17(20-2)15(19)10-14/h3-6,9-11,18-19H,7-8H2,1-2H3. The number of benzene rings is 2. The summed E-state index contributed by atoms with van der Waals surface area (Å²) >= 11 is 0. The maximum absolute atomic E-state index is 9.82. The molecule has 21 heavy (non-hydrogen) atoms. The van der Waals surface area contributed by atoms with E-state index in [1.807, 2.05) is 12.1 Å². The highest BCUT2D eigenvalue weighted by Crippen LogP contribution is 2.32. The van der Waals surface area contributed by atoms with E-state index in [2.05, 4.69) is 24.4 Å². The summed E-state index contributed by atoms with van der Waals surface area (Å²) in [5.74, 6) is 1.60. The summed E-state index contributed by atoms with van der Waals surface area (Å²) in [7, 11) is 1.54. The molecule has 4 heteroatoms. The molecular formula is C17H19NO3. The van der Waals surface area contributed by atoms with Crippen LogP contribution >= 0.6 is 0 Å². The highest BCUT2D eigenvalue weighted by atomic mass is 16.5. The summed E-state index contributed by atoms with van der Waals surface area (Å²) < 4.78 is 10.6. The van der Waals surface area contributed by atoms with Crippen LogP contribution in [0.2, 0.25) is 0 Å². The number of fused-ring (bicyclic) bond motifs is 1. The van der Waals surface area contributed by atoms with Crippen molar-refractivity contribution in [1.29, 1.82) is 0 Å². The van der Waals surface area contributed by atoms with Gasteiger partial charge in [0.15, 0.2) is 11.5 Å². The van der Waals surface area contributed by atoms with Gasteiger partial charge in [-0.2, -0.15) is 0 Å². The summed E-state index contributed by atoms with van der Waals surface area (Å²) in [6.45, 7) is 2.87. The van der Waals surface area contributed by atoms with Gasteiger partial charge in [-0.05, 0) is 42.3 Å². The van der Waals surface area contributed by atoms with E-state index < -0.39 is 0 Å². The van der Waals surface area contributed by atoms with Crippen LogP contribution in [0.25, 0.3) is 0 Å². The predicted octanol–water partition coefficient (Wildman–Crippen LogP) is 3.51. The van der Waals surface area contributed by atoms with E-state index >= 15 is 0 Å². The second-order valence-electron chi connectivity index (χ2n) is 5.22. The number of rotatable bonds is 4. The lowest BCUT2D eigenvalue weighted by molar-refractivity contribution is 0.357. The van der Waals surface area contributed by atoms with Gasteiger partial charge in [-0.1, -0.05) is 6.07 Å². The van der Waals surface area contributed by atoms with Gasteiger partial charge >= 0.3 is 0 Å². The number of ether oxygens (including phenoxy) is 2. The van der Waals surface area contributed by atoms with Crippen molar-refractivity contribution in [2.24, 2.45) is 0 Å². The molecular weight excluding hydrogens is 266 g/mol. The zero-order valence-electron chi connectivity index (χ0n) is 12.2. The third-order valence-electron chi connectivity index (χ3n) is 3.78. The third-order valence-corrected chi connectivity index (χ3v) is 3.78. The Balaban J connectivity index is 1.76. The fraction of sp³-hybridized carbons (Fsp3) is 0.294. The number of hydrogen-bond acceptors (Lipinski definition) is 4. The van der Waals surface area contributed by atoms with Gasteiger partial charge in [0.2, 0.25) is 0 Å². The average Bonchev–Trinajstić information content (AvgIpc) is 2.94. The summed E-state index contributed by atoms with van der Waals surface area (Å²) in [4.78, 5) is 0. The number of methoxy groups -OCH3 is 1. The SMILES string of the molecule is COc1ccc(NC(C)c2ccc3c(c2)CCO3)cc1O. The number of phenols is 1. The van der Waals surface area contributed by atoms with E-state index in [0.717, 1.165) is 24.5 Å². The molecule has 0 saturated carbocycles. The molecule has 0 saturated heterocycles. The molecule has 2 N–H and O–H groups in total. The first-order valence-electron chi connectivity index (χ1n) is 7.06. The zero-order chi connectivity index (χ0) is 14.8. The summed E-state index contributed by atoms with van der Waals surface area (Å²) in [6, 6.07) is 11.7. The van der Waals surface area contributed by atoms with E-state index in [-0.39, 0.29) is 11.8 Å². The second kappa shape index (κ2) is 5.56. The maximum Gasteiger partial charge on any atom is 0.160 e. The van der Waals surface area contributed by atoms with Crippen LogP contribution < -0.4 is 14.8 Å². The van der Waals surface area contributed by atoms with Crippen molar-refractivity contribution in [1.82, 2.24) is 0 Å². The van der Waals surface area contributed by atoms with Crippen molar-refractivity contribution in [2.75, 3.05) is 19.0 Å². The van der Waals surface area contributed by atoms with E-state index in [4.69, 9.17) is 9.47 Å². The predicted molar refractivity (Wildman–Crippen MR) is 82.3 cm³/mol. The quantitative estimate of drug-likeness (QED) is 0.902. The van der Waals surface area contributed by atoms with Crippen molar-refractivity contribution < 1.29 is 14.6 Å². The molecule has 1 aliphatic rings.